The van der Waals surface area contributed by atoms with Crippen LogP contribution >= 0.6 is 0 Å². The average molecular weight is 443 g/mol. The summed E-state index contributed by atoms with van der Waals surface area (Å²) in [7, 11) is 0. The molecule has 4 saturated carbocycles. The van der Waals surface area contributed by atoms with E-state index in [1.165, 1.54) is 36.8 Å². The molecule has 4 fully saturated rings. The van der Waals surface area contributed by atoms with Gasteiger partial charge in [0.15, 0.2) is 0 Å². The molecular weight excluding hydrogens is 392 g/mol. The Morgan fingerprint density at radius 2 is 1.00 bits per heavy atom. The Kier molecular flexibility index (Phi) is 6.11. The number of hydrogen-bond acceptors (Lipinski definition) is 2. The molecule has 8 atom stereocenters. The third-order valence-corrected chi connectivity index (χ3v) is 11.8. The van der Waals surface area contributed by atoms with Gasteiger partial charge in [-0.2, -0.15) is 0 Å². The molecule has 0 bridgehead atoms. The molecule has 0 heterocycles. The summed E-state index contributed by atoms with van der Waals surface area (Å²) in [5.41, 5.74) is 3.38. The molecule has 2 heteroatoms. The molecular formula is C30H50O2. The van der Waals surface area contributed by atoms with Crippen LogP contribution in [0.3, 0.4) is 0 Å². The van der Waals surface area contributed by atoms with E-state index in [1.807, 2.05) is 0 Å². The highest BCUT2D eigenvalue weighted by molar-refractivity contribution is 5.20. The lowest BCUT2D eigenvalue weighted by Crippen LogP contribution is -2.56. The lowest BCUT2D eigenvalue weighted by atomic mass is 9.44. The summed E-state index contributed by atoms with van der Waals surface area (Å²) in [5.74, 6) is 2.23. The van der Waals surface area contributed by atoms with Crippen LogP contribution < -0.4 is 0 Å². The fraction of sp³-hybridized carbons (Fsp3) is 0.867. The maximum Gasteiger partial charge on any atom is 0.0594 e. The van der Waals surface area contributed by atoms with Crippen LogP contribution in [-0.4, -0.2) is 22.4 Å². The van der Waals surface area contributed by atoms with E-state index in [-0.39, 0.29) is 33.9 Å². The van der Waals surface area contributed by atoms with Crippen LogP contribution in [-0.2, 0) is 0 Å². The fourth-order valence-corrected chi connectivity index (χ4v) is 9.73. The van der Waals surface area contributed by atoms with Gasteiger partial charge in [0.1, 0.15) is 0 Å². The van der Waals surface area contributed by atoms with Gasteiger partial charge in [-0.15, -0.1) is 0 Å². The lowest BCUT2D eigenvalue weighted by molar-refractivity contribution is -0.134. The van der Waals surface area contributed by atoms with Gasteiger partial charge in [0.25, 0.3) is 0 Å². The van der Waals surface area contributed by atoms with Gasteiger partial charge in [-0.3, -0.25) is 0 Å². The Bertz CT molecular complexity index is 699. The first-order chi connectivity index (χ1) is 14.8. The minimum atomic E-state index is -0.179. The van der Waals surface area contributed by atoms with Crippen LogP contribution in [0.5, 0.6) is 0 Å². The van der Waals surface area contributed by atoms with Crippen LogP contribution in [0.25, 0.3) is 0 Å². The van der Waals surface area contributed by atoms with E-state index in [0.717, 1.165) is 38.5 Å². The molecule has 4 aliphatic rings. The molecule has 4 rings (SSSR count). The summed E-state index contributed by atoms with van der Waals surface area (Å²) in [6.07, 6.45) is 10.7. The van der Waals surface area contributed by atoms with E-state index in [9.17, 15) is 10.2 Å². The quantitative estimate of drug-likeness (QED) is 0.450. The van der Waals surface area contributed by atoms with Crippen molar-refractivity contribution >= 4 is 0 Å². The van der Waals surface area contributed by atoms with Gasteiger partial charge in [0.05, 0.1) is 12.2 Å². The SMILES string of the molecule is C=C1CC[C@H]2C(C)(C)C(O)CC[C@]2(C)C1CCC1C(=C)CC[C@H]2C(C)(C)C(O)CC[C@]12C. The average Bonchev–Trinajstić information content (AvgIpc) is 2.69. The van der Waals surface area contributed by atoms with Crippen LogP contribution in [0.2, 0.25) is 0 Å². The van der Waals surface area contributed by atoms with Gasteiger partial charge < -0.3 is 10.2 Å². The molecule has 2 nitrogen and oxygen atoms in total. The third kappa shape index (κ3) is 3.49. The maximum atomic E-state index is 10.8. The summed E-state index contributed by atoms with van der Waals surface area (Å²) in [6, 6.07) is 0. The monoisotopic (exact) mass is 442 g/mol. The maximum absolute atomic E-state index is 10.8. The smallest absolute Gasteiger partial charge is 0.0594 e. The number of rotatable bonds is 3. The molecule has 2 N–H and O–H groups in total. The first-order valence-electron chi connectivity index (χ1n) is 13.5. The first-order valence-corrected chi connectivity index (χ1v) is 13.5. The number of allylic oxidation sites excluding steroid dienone is 2. The van der Waals surface area contributed by atoms with Gasteiger partial charge in [-0.25, -0.2) is 0 Å². The molecule has 0 saturated heterocycles. The Labute approximate surface area is 198 Å². The molecule has 0 amide bonds. The molecule has 4 aliphatic carbocycles. The van der Waals surface area contributed by atoms with Crippen molar-refractivity contribution in [2.45, 2.75) is 118 Å². The van der Waals surface area contributed by atoms with Crippen LogP contribution in [0.15, 0.2) is 24.3 Å². The number of hydrogen-bond donors (Lipinski definition) is 2. The van der Waals surface area contributed by atoms with Crippen molar-refractivity contribution in [1.29, 1.82) is 0 Å². The van der Waals surface area contributed by atoms with E-state index in [0.29, 0.717) is 23.7 Å². The second-order valence-corrected chi connectivity index (χ2v) is 13.9. The number of aliphatic hydroxyl groups excluding tert-OH is 2. The molecule has 0 aromatic carbocycles. The van der Waals surface area contributed by atoms with Gasteiger partial charge in [0.2, 0.25) is 0 Å². The lowest BCUT2D eigenvalue weighted by Gasteiger charge is -2.61. The Morgan fingerprint density at radius 3 is 1.34 bits per heavy atom. The van der Waals surface area contributed by atoms with Crippen molar-refractivity contribution in [1.82, 2.24) is 0 Å². The van der Waals surface area contributed by atoms with Gasteiger partial charge in [0, 0.05) is 0 Å². The zero-order valence-corrected chi connectivity index (χ0v) is 21.8. The van der Waals surface area contributed by atoms with E-state index < -0.39 is 0 Å². The summed E-state index contributed by atoms with van der Waals surface area (Å²) >= 11 is 0. The predicted molar refractivity (Wildman–Crippen MR) is 134 cm³/mol. The first kappa shape index (κ1) is 24.5. The van der Waals surface area contributed by atoms with E-state index in [4.69, 9.17) is 0 Å². The molecule has 0 aromatic heterocycles. The summed E-state index contributed by atoms with van der Waals surface area (Å²) in [6.45, 7) is 23.4. The Hall–Kier alpha value is -0.600. The molecule has 0 aromatic rings. The van der Waals surface area contributed by atoms with Crippen molar-refractivity contribution in [3.05, 3.63) is 24.3 Å². The Balaban J connectivity index is 1.57. The molecule has 0 radical (unpaired) electrons. The number of fused-ring (bicyclic) bond motifs is 2. The number of aliphatic hydroxyl groups is 2. The summed E-state index contributed by atoms with van der Waals surface area (Å²) in [5, 5.41) is 21.6. The second kappa shape index (κ2) is 7.98. The largest absolute Gasteiger partial charge is 0.393 e. The molecule has 182 valence electrons. The second-order valence-electron chi connectivity index (χ2n) is 13.9. The predicted octanol–water partition coefficient (Wildman–Crippen LogP) is 7.31. The zero-order chi connectivity index (χ0) is 23.7. The zero-order valence-electron chi connectivity index (χ0n) is 21.8. The normalized spacial score (nSPS) is 48.1. The summed E-state index contributed by atoms with van der Waals surface area (Å²) in [4.78, 5) is 0. The van der Waals surface area contributed by atoms with E-state index >= 15 is 0 Å². The van der Waals surface area contributed by atoms with Gasteiger partial charge >= 0.3 is 0 Å². The van der Waals surface area contributed by atoms with E-state index in [2.05, 4.69) is 54.7 Å². The van der Waals surface area contributed by atoms with E-state index in [1.54, 1.807) is 0 Å². The van der Waals surface area contributed by atoms with Crippen molar-refractivity contribution < 1.29 is 10.2 Å². The molecule has 0 aliphatic heterocycles. The van der Waals surface area contributed by atoms with Crippen LogP contribution in [0.4, 0.5) is 0 Å². The molecule has 4 unspecified atom stereocenters. The summed E-state index contributed by atoms with van der Waals surface area (Å²) < 4.78 is 0. The standard InChI is InChI=1S/C30H50O2/c1-19-9-13-23-27(3,4)25(31)15-17-29(23,7)21(19)11-12-22-20(2)10-14-24-28(5,6)26(32)16-18-30(22,24)8/h21-26,31-32H,1-2,9-18H2,3-8H3/t21?,22?,23-,24-,25?,26?,29+,30+/m0/s1. The van der Waals surface area contributed by atoms with Gasteiger partial charge in [-0.1, -0.05) is 65.8 Å². The van der Waals surface area contributed by atoms with Crippen LogP contribution in [0.1, 0.15) is 106 Å². The van der Waals surface area contributed by atoms with Crippen molar-refractivity contribution in [2.24, 2.45) is 45.3 Å². The highest BCUT2D eigenvalue weighted by Gasteiger charge is 2.58. The van der Waals surface area contributed by atoms with Crippen molar-refractivity contribution in [3.63, 3.8) is 0 Å². The highest BCUT2D eigenvalue weighted by atomic mass is 16.3. The van der Waals surface area contributed by atoms with Gasteiger partial charge in [-0.05, 0) is 110 Å². The molecule has 0 spiro atoms. The fourth-order valence-electron chi connectivity index (χ4n) is 9.73. The third-order valence-electron chi connectivity index (χ3n) is 11.8. The minimum absolute atomic E-state index is 0.0129. The highest BCUT2D eigenvalue weighted by Crippen LogP contribution is 2.64. The molecule has 32 heavy (non-hydrogen) atoms. The van der Waals surface area contributed by atoms with Crippen LogP contribution in [0, 0.1) is 45.3 Å². The minimum Gasteiger partial charge on any atom is -0.393 e. The van der Waals surface area contributed by atoms with Crippen molar-refractivity contribution in [3.8, 4) is 0 Å². The van der Waals surface area contributed by atoms with Crippen molar-refractivity contribution in [2.75, 3.05) is 0 Å². The topological polar surface area (TPSA) is 40.5 Å². The Morgan fingerprint density at radius 1 is 0.656 bits per heavy atom.